The lowest BCUT2D eigenvalue weighted by molar-refractivity contribution is -0.122. The van der Waals surface area contributed by atoms with Crippen LogP contribution in [-0.4, -0.2) is 34.0 Å². The van der Waals surface area contributed by atoms with Crippen molar-refractivity contribution in [1.82, 2.24) is 25.9 Å². The quantitative estimate of drug-likeness (QED) is 0.520. The van der Waals surface area contributed by atoms with E-state index in [0.717, 1.165) is 5.56 Å². The Hall–Kier alpha value is -4.01. The zero-order valence-electron chi connectivity index (χ0n) is 16.3. The number of hydrogen-bond acceptors (Lipinski definition) is 5. The van der Waals surface area contributed by atoms with Gasteiger partial charge in [-0.15, -0.1) is 0 Å². The van der Waals surface area contributed by atoms with E-state index in [4.69, 9.17) is 0 Å². The van der Waals surface area contributed by atoms with Crippen molar-refractivity contribution >= 4 is 28.5 Å². The summed E-state index contributed by atoms with van der Waals surface area (Å²) in [4.78, 5) is 48.2. The molecule has 3 rings (SSSR count). The topological polar surface area (TPSA) is 122 Å². The number of fused-ring (bicyclic) bond motifs is 1. The van der Waals surface area contributed by atoms with Crippen molar-refractivity contribution in [3.63, 3.8) is 0 Å². The third-order valence-corrected chi connectivity index (χ3v) is 4.30. The minimum atomic E-state index is -0.652. The third-order valence-electron chi connectivity index (χ3n) is 4.30. The van der Waals surface area contributed by atoms with Crippen LogP contribution in [0.3, 0.4) is 0 Å². The zero-order chi connectivity index (χ0) is 21.5. The van der Waals surface area contributed by atoms with Gasteiger partial charge in [-0.05, 0) is 11.6 Å². The number of carbonyl (C=O) groups excluding carboxylic acids is 3. The summed E-state index contributed by atoms with van der Waals surface area (Å²) in [6, 6.07) is 16.0. The average molecular weight is 407 g/mol. The Morgan fingerprint density at radius 2 is 1.60 bits per heavy atom. The molecule has 0 aliphatic rings. The average Bonchev–Trinajstić information content (AvgIpc) is 2.74. The molecule has 154 valence electrons. The molecule has 3 N–H and O–H groups in total. The molecule has 0 fully saturated rings. The number of amides is 3. The summed E-state index contributed by atoms with van der Waals surface area (Å²) in [6.07, 6.45) is 0.00153. The Morgan fingerprint density at radius 3 is 2.30 bits per heavy atom. The third kappa shape index (κ3) is 5.07. The highest BCUT2D eigenvalue weighted by Gasteiger charge is 2.17. The predicted octanol–water partition coefficient (Wildman–Crippen LogP) is 0.732. The Morgan fingerprint density at radius 1 is 0.933 bits per heavy atom. The van der Waals surface area contributed by atoms with Gasteiger partial charge in [-0.1, -0.05) is 48.5 Å². The van der Waals surface area contributed by atoms with E-state index in [1.54, 1.807) is 24.3 Å². The van der Waals surface area contributed by atoms with Gasteiger partial charge >= 0.3 is 0 Å². The van der Waals surface area contributed by atoms with Crippen LogP contribution >= 0.6 is 0 Å². The molecule has 0 saturated heterocycles. The SMILES string of the molecule is CC(=O)NCCC(=O)NNC(=O)c1nn(Cc2ccccc2)c(=O)c2ccccc12. The van der Waals surface area contributed by atoms with Gasteiger partial charge in [0.25, 0.3) is 11.5 Å². The summed E-state index contributed by atoms with van der Waals surface area (Å²) >= 11 is 0. The summed E-state index contributed by atoms with van der Waals surface area (Å²) in [5.74, 6) is -1.37. The molecule has 0 bridgehead atoms. The van der Waals surface area contributed by atoms with Gasteiger partial charge < -0.3 is 5.32 Å². The van der Waals surface area contributed by atoms with Crippen LogP contribution in [0.1, 0.15) is 29.4 Å². The largest absolute Gasteiger partial charge is 0.356 e. The van der Waals surface area contributed by atoms with Crippen molar-refractivity contribution in [3.8, 4) is 0 Å². The van der Waals surface area contributed by atoms with Crippen molar-refractivity contribution in [3.05, 3.63) is 76.2 Å². The lowest BCUT2D eigenvalue weighted by Gasteiger charge is -2.12. The van der Waals surface area contributed by atoms with Gasteiger partial charge in [0, 0.05) is 25.3 Å². The van der Waals surface area contributed by atoms with Crippen molar-refractivity contribution in [1.29, 1.82) is 0 Å². The van der Waals surface area contributed by atoms with Crippen LogP contribution in [-0.2, 0) is 16.1 Å². The maximum atomic E-state index is 12.8. The van der Waals surface area contributed by atoms with Gasteiger partial charge in [-0.2, -0.15) is 5.10 Å². The van der Waals surface area contributed by atoms with E-state index in [1.165, 1.54) is 11.6 Å². The van der Waals surface area contributed by atoms with Crippen molar-refractivity contribution in [2.45, 2.75) is 19.9 Å². The number of aromatic nitrogens is 2. The van der Waals surface area contributed by atoms with E-state index < -0.39 is 11.8 Å². The minimum Gasteiger partial charge on any atom is -0.356 e. The summed E-state index contributed by atoms with van der Waals surface area (Å²) in [6.45, 7) is 1.70. The minimum absolute atomic E-state index is 0.00153. The second kappa shape index (κ2) is 9.46. The Labute approximate surface area is 172 Å². The van der Waals surface area contributed by atoms with Gasteiger partial charge in [0.2, 0.25) is 11.8 Å². The fourth-order valence-electron chi connectivity index (χ4n) is 2.87. The van der Waals surface area contributed by atoms with Crippen molar-refractivity contribution in [2.75, 3.05) is 6.54 Å². The number of carbonyl (C=O) groups is 3. The smallest absolute Gasteiger partial charge is 0.290 e. The van der Waals surface area contributed by atoms with Crippen LogP contribution in [0.5, 0.6) is 0 Å². The lowest BCUT2D eigenvalue weighted by Crippen LogP contribution is -2.43. The Kier molecular flexibility index (Phi) is 6.53. The zero-order valence-corrected chi connectivity index (χ0v) is 16.3. The van der Waals surface area contributed by atoms with Crippen LogP contribution < -0.4 is 21.7 Å². The molecule has 2 aromatic carbocycles. The van der Waals surface area contributed by atoms with Gasteiger partial charge in [0.15, 0.2) is 5.69 Å². The molecular weight excluding hydrogens is 386 g/mol. The monoisotopic (exact) mass is 407 g/mol. The molecule has 9 nitrogen and oxygen atoms in total. The van der Waals surface area contributed by atoms with Crippen molar-refractivity contribution in [2.24, 2.45) is 0 Å². The maximum absolute atomic E-state index is 12.8. The van der Waals surface area contributed by atoms with Crippen LogP contribution in [0.25, 0.3) is 10.8 Å². The van der Waals surface area contributed by atoms with E-state index in [0.29, 0.717) is 10.8 Å². The van der Waals surface area contributed by atoms with Crippen molar-refractivity contribution < 1.29 is 14.4 Å². The molecule has 0 radical (unpaired) electrons. The van der Waals surface area contributed by atoms with E-state index in [9.17, 15) is 19.2 Å². The first-order valence-electron chi connectivity index (χ1n) is 9.33. The molecule has 0 unspecified atom stereocenters. The number of hydrogen-bond donors (Lipinski definition) is 3. The number of nitrogens with one attached hydrogen (secondary N) is 3. The molecule has 3 amide bonds. The summed E-state index contributed by atoms with van der Waals surface area (Å²) in [5, 5.41) is 7.47. The van der Waals surface area contributed by atoms with Crippen LogP contribution in [0.4, 0.5) is 0 Å². The van der Waals surface area contributed by atoms with Gasteiger partial charge in [0.1, 0.15) is 0 Å². The second-order valence-electron chi connectivity index (χ2n) is 6.58. The molecule has 0 spiro atoms. The highest BCUT2D eigenvalue weighted by molar-refractivity contribution is 6.05. The molecule has 1 heterocycles. The highest BCUT2D eigenvalue weighted by atomic mass is 16.2. The summed E-state index contributed by atoms with van der Waals surface area (Å²) in [5.41, 5.74) is 5.16. The van der Waals surface area contributed by atoms with Crippen LogP contribution in [0, 0.1) is 0 Å². The molecule has 3 aromatic rings. The number of hydrazine groups is 1. The van der Waals surface area contributed by atoms with E-state index in [2.05, 4.69) is 21.3 Å². The first kappa shape index (κ1) is 20.7. The van der Waals surface area contributed by atoms with E-state index in [1.807, 2.05) is 30.3 Å². The first-order valence-corrected chi connectivity index (χ1v) is 9.33. The van der Waals surface area contributed by atoms with Crippen LogP contribution in [0.2, 0.25) is 0 Å². The lowest BCUT2D eigenvalue weighted by atomic mass is 10.1. The normalized spacial score (nSPS) is 10.4. The van der Waals surface area contributed by atoms with Gasteiger partial charge in [-0.3, -0.25) is 30.0 Å². The molecule has 0 aliphatic carbocycles. The van der Waals surface area contributed by atoms with E-state index in [-0.39, 0.29) is 36.7 Å². The molecule has 0 saturated carbocycles. The maximum Gasteiger partial charge on any atom is 0.290 e. The molecule has 9 heteroatoms. The number of nitrogens with zero attached hydrogens (tertiary/aromatic N) is 2. The second-order valence-corrected chi connectivity index (χ2v) is 6.58. The summed E-state index contributed by atoms with van der Waals surface area (Å²) in [7, 11) is 0. The predicted molar refractivity (Wildman–Crippen MR) is 110 cm³/mol. The molecule has 0 aliphatic heterocycles. The Bertz CT molecular complexity index is 1140. The standard InChI is InChI=1S/C21H21N5O4/c1-14(27)22-12-11-18(28)23-24-20(29)19-16-9-5-6-10-17(16)21(30)26(25-19)13-15-7-3-2-4-8-15/h2-10H,11-13H2,1H3,(H,22,27)(H,23,28)(H,24,29). The number of benzene rings is 2. The molecular formula is C21H21N5O4. The highest BCUT2D eigenvalue weighted by Crippen LogP contribution is 2.13. The molecule has 0 atom stereocenters. The molecule has 30 heavy (non-hydrogen) atoms. The summed E-state index contributed by atoms with van der Waals surface area (Å²) < 4.78 is 1.23. The van der Waals surface area contributed by atoms with Gasteiger partial charge in [-0.25, -0.2) is 4.68 Å². The fraction of sp³-hybridized carbons (Fsp3) is 0.190. The molecule has 1 aromatic heterocycles. The number of rotatable bonds is 6. The Balaban J connectivity index is 1.82. The first-order chi connectivity index (χ1) is 14.5. The van der Waals surface area contributed by atoms with Gasteiger partial charge in [0.05, 0.1) is 11.9 Å². The fourth-order valence-corrected chi connectivity index (χ4v) is 2.87. The van der Waals surface area contributed by atoms with Crippen LogP contribution in [0.15, 0.2) is 59.4 Å². The van der Waals surface area contributed by atoms with E-state index >= 15 is 0 Å².